The highest BCUT2D eigenvalue weighted by Crippen LogP contribution is 2.39. The Balaban J connectivity index is 1.30. The Labute approximate surface area is 204 Å². The fourth-order valence-electron chi connectivity index (χ4n) is 4.01. The molecule has 1 aliphatic carbocycles. The second-order valence-corrected chi connectivity index (χ2v) is 12.5. The van der Waals surface area contributed by atoms with E-state index in [2.05, 4.69) is 26.2 Å². The van der Waals surface area contributed by atoms with Crippen LogP contribution in [0.1, 0.15) is 30.4 Å². The number of hydrogen-bond donors (Lipinski definition) is 1. The topological polar surface area (TPSA) is 96.4 Å². The fraction of sp³-hybridized carbons (Fsp3) is 0.348. The first-order valence-corrected chi connectivity index (χ1v) is 14.0. The number of hydrogen-bond acceptors (Lipinski definition) is 6. The average molecular weight is 548 g/mol. The molecule has 33 heavy (non-hydrogen) atoms. The van der Waals surface area contributed by atoms with Crippen molar-refractivity contribution in [3.8, 4) is 0 Å². The van der Waals surface area contributed by atoms with Crippen molar-refractivity contribution in [1.29, 1.82) is 0 Å². The van der Waals surface area contributed by atoms with E-state index in [-0.39, 0.29) is 28.9 Å². The van der Waals surface area contributed by atoms with Crippen LogP contribution in [0.3, 0.4) is 0 Å². The molecule has 0 radical (unpaired) electrons. The van der Waals surface area contributed by atoms with Crippen LogP contribution in [0.2, 0.25) is 0 Å². The number of sulfone groups is 1. The molecule has 2 amide bonds. The number of fused-ring (bicyclic) bond motifs is 2. The van der Waals surface area contributed by atoms with Crippen molar-refractivity contribution >= 4 is 70.0 Å². The minimum atomic E-state index is -3.75. The first kappa shape index (κ1) is 22.5. The van der Waals surface area contributed by atoms with Gasteiger partial charge in [-0.15, -0.1) is 0 Å². The van der Waals surface area contributed by atoms with Gasteiger partial charge in [0.1, 0.15) is 0 Å². The van der Waals surface area contributed by atoms with Crippen LogP contribution in [0.15, 0.2) is 39.7 Å². The number of aryl methyl sites for hydroxylation is 1. The molecule has 7 nitrogen and oxygen atoms in total. The number of amides is 2. The van der Waals surface area contributed by atoms with E-state index in [1.54, 1.807) is 17.0 Å². The highest BCUT2D eigenvalue weighted by atomic mass is 79.9. The zero-order valence-electron chi connectivity index (χ0n) is 17.9. The standard InChI is InChI=1S/C23H22BrN3O4S2/c1-13-2-5-17-19(10-13)32-23(25-17)26-21(28)7-9-33(30,31)20-12-18-15(11-16(20)24)6-8-27(18)22(29)14-3-4-14/h2,5,10-12,14H,3-4,6-9H2,1H3,(H,25,26,28). The second-order valence-electron chi connectivity index (χ2n) is 8.53. The van der Waals surface area contributed by atoms with Crippen molar-refractivity contribution in [2.45, 2.75) is 37.5 Å². The molecule has 1 aromatic heterocycles. The van der Waals surface area contributed by atoms with Gasteiger partial charge in [0.25, 0.3) is 0 Å². The first-order chi connectivity index (χ1) is 15.7. The van der Waals surface area contributed by atoms with Crippen LogP contribution in [-0.2, 0) is 25.8 Å². The van der Waals surface area contributed by atoms with Gasteiger partial charge in [0.15, 0.2) is 15.0 Å². The molecule has 10 heteroatoms. The monoisotopic (exact) mass is 547 g/mol. The fourth-order valence-corrected chi connectivity index (χ4v) is 7.44. The van der Waals surface area contributed by atoms with Gasteiger partial charge in [-0.2, -0.15) is 0 Å². The van der Waals surface area contributed by atoms with E-state index in [0.717, 1.165) is 34.2 Å². The number of nitrogens with zero attached hydrogens (tertiary/aromatic N) is 2. The molecular weight excluding hydrogens is 526 g/mol. The lowest BCUT2D eigenvalue weighted by molar-refractivity contribution is -0.119. The first-order valence-electron chi connectivity index (χ1n) is 10.7. The van der Waals surface area contributed by atoms with Crippen LogP contribution in [0.5, 0.6) is 0 Å². The van der Waals surface area contributed by atoms with E-state index >= 15 is 0 Å². The van der Waals surface area contributed by atoms with E-state index in [1.165, 1.54) is 11.3 Å². The molecule has 172 valence electrons. The summed E-state index contributed by atoms with van der Waals surface area (Å²) < 4.78 is 27.6. The number of halogens is 1. The molecule has 0 spiro atoms. The van der Waals surface area contributed by atoms with Gasteiger partial charge in [-0.05, 0) is 77.5 Å². The lowest BCUT2D eigenvalue weighted by Gasteiger charge is -2.18. The number of carbonyl (C=O) groups excluding carboxylic acids is 2. The number of rotatable bonds is 6. The molecule has 1 fully saturated rings. The van der Waals surface area contributed by atoms with Crippen LogP contribution in [0, 0.1) is 12.8 Å². The van der Waals surface area contributed by atoms with Crippen molar-refractivity contribution in [3.63, 3.8) is 0 Å². The van der Waals surface area contributed by atoms with Gasteiger partial charge < -0.3 is 10.2 Å². The van der Waals surface area contributed by atoms with Gasteiger partial charge in [0, 0.05) is 29.0 Å². The minimum absolute atomic E-state index is 0.0646. The number of aromatic nitrogens is 1. The lowest BCUT2D eigenvalue weighted by Crippen LogP contribution is -2.30. The Morgan fingerprint density at radius 2 is 2.03 bits per heavy atom. The maximum absolute atomic E-state index is 13.1. The van der Waals surface area contributed by atoms with Crippen LogP contribution in [-0.4, -0.2) is 37.5 Å². The zero-order chi connectivity index (χ0) is 23.3. The minimum Gasteiger partial charge on any atom is -0.312 e. The van der Waals surface area contributed by atoms with Crippen LogP contribution >= 0.6 is 27.3 Å². The molecule has 0 bridgehead atoms. The molecule has 3 aromatic rings. The van der Waals surface area contributed by atoms with Crippen molar-refractivity contribution in [2.24, 2.45) is 5.92 Å². The van der Waals surface area contributed by atoms with Crippen molar-refractivity contribution < 1.29 is 18.0 Å². The smallest absolute Gasteiger partial charge is 0.230 e. The summed E-state index contributed by atoms with van der Waals surface area (Å²) in [5, 5.41) is 3.16. The highest BCUT2D eigenvalue weighted by Gasteiger charge is 2.37. The molecule has 2 aliphatic rings. The summed E-state index contributed by atoms with van der Waals surface area (Å²) in [6.07, 6.45) is 2.31. The summed E-state index contributed by atoms with van der Waals surface area (Å²) in [5.74, 6) is -0.603. The number of carbonyl (C=O) groups is 2. The number of thiazole rings is 1. The highest BCUT2D eigenvalue weighted by molar-refractivity contribution is 9.10. The molecule has 5 rings (SSSR count). The third-order valence-electron chi connectivity index (χ3n) is 5.94. The van der Waals surface area contributed by atoms with Crippen LogP contribution in [0.25, 0.3) is 10.2 Å². The summed E-state index contributed by atoms with van der Waals surface area (Å²) in [6, 6.07) is 9.20. The third-order valence-corrected chi connectivity index (χ3v) is 9.55. The molecule has 2 aromatic carbocycles. The van der Waals surface area contributed by atoms with E-state index in [0.29, 0.717) is 28.3 Å². The number of nitrogens with one attached hydrogen (secondary N) is 1. The summed E-state index contributed by atoms with van der Waals surface area (Å²) in [6.45, 7) is 2.56. The summed E-state index contributed by atoms with van der Waals surface area (Å²) in [5.41, 5.74) is 3.52. The van der Waals surface area contributed by atoms with Crippen molar-refractivity contribution in [2.75, 3.05) is 22.5 Å². The van der Waals surface area contributed by atoms with E-state index in [9.17, 15) is 18.0 Å². The third kappa shape index (κ3) is 4.56. The number of benzene rings is 2. The molecule has 0 atom stereocenters. The van der Waals surface area contributed by atoms with Gasteiger partial charge in [-0.1, -0.05) is 17.4 Å². The largest absolute Gasteiger partial charge is 0.312 e. The van der Waals surface area contributed by atoms with Crippen LogP contribution in [0.4, 0.5) is 10.8 Å². The molecule has 0 unspecified atom stereocenters. The van der Waals surface area contributed by atoms with E-state index in [4.69, 9.17) is 0 Å². The average Bonchev–Trinajstić information content (AvgIpc) is 3.42. The maximum Gasteiger partial charge on any atom is 0.230 e. The predicted octanol–water partition coefficient (Wildman–Crippen LogP) is 4.47. The van der Waals surface area contributed by atoms with Crippen LogP contribution < -0.4 is 10.2 Å². The van der Waals surface area contributed by atoms with Crippen molar-refractivity contribution in [3.05, 3.63) is 45.9 Å². The predicted molar refractivity (Wildman–Crippen MR) is 133 cm³/mol. The van der Waals surface area contributed by atoms with Crippen molar-refractivity contribution in [1.82, 2.24) is 4.98 Å². The summed E-state index contributed by atoms with van der Waals surface area (Å²) in [7, 11) is -3.75. The Bertz CT molecular complexity index is 1400. The van der Waals surface area contributed by atoms with Gasteiger partial charge in [0.05, 0.1) is 20.9 Å². The second kappa shape index (κ2) is 8.48. The van der Waals surface area contributed by atoms with Gasteiger partial charge in [-0.3, -0.25) is 9.59 Å². The zero-order valence-corrected chi connectivity index (χ0v) is 21.1. The van der Waals surface area contributed by atoms with E-state index < -0.39 is 15.7 Å². The maximum atomic E-state index is 13.1. The molecule has 1 aliphatic heterocycles. The van der Waals surface area contributed by atoms with Gasteiger partial charge >= 0.3 is 0 Å². The lowest BCUT2D eigenvalue weighted by atomic mass is 10.2. The molecule has 2 heterocycles. The summed E-state index contributed by atoms with van der Waals surface area (Å²) >= 11 is 4.74. The Morgan fingerprint density at radius 1 is 1.24 bits per heavy atom. The molecule has 1 N–H and O–H groups in total. The Morgan fingerprint density at radius 3 is 2.79 bits per heavy atom. The number of anilines is 2. The normalized spacial score (nSPS) is 15.6. The SMILES string of the molecule is Cc1ccc2nc(NC(=O)CCS(=O)(=O)c3cc4c(cc3Br)CCN4C(=O)C3CC3)sc2c1. The molecule has 0 saturated heterocycles. The Hall–Kier alpha value is -2.30. The Kier molecular flexibility index (Phi) is 5.78. The quantitative estimate of drug-likeness (QED) is 0.491. The van der Waals surface area contributed by atoms with Gasteiger partial charge in [-0.25, -0.2) is 13.4 Å². The molecular formula is C23H22BrN3O4S2. The van der Waals surface area contributed by atoms with Gasteiger partial charge in [0.2, 0.25) is 11.8 Å². The summed E-state index contributed by atoms with van der Waals surface area (Å²) in [4.78, 5) is 31.3. The molecule has 1 saturated carbocycles. The van der Waals surface area contributed by atoms with E-state index in [1.807, 2.05) is 25.1 Å².